The SMILES string of the molecule is COc1ccc(C2CSc3nncn3N2)cc1F. The highest BCUT2D eigenvalue weighted by atomic mass is 32.2. The molecule has 0 fully saturated rings. The molecule has 0 saturated heterocycles. The Labute approximate surface area is 107 Å². The number of ether oxygens (including phenoxy) is 1. The Kier molecular flexibility index (Phi) is 2.83. The predicted octanol–water partition coefficient (Wildman–Crippen LogP) is 1.82. The Morgan fingerprint density at radius 1 is 1.56 bits per heavy atom. The Bertz CT molecular complexity index is 574. The van der Waals surface area contributed by atoms with Crippen molar-refractivity contribution in [2.45, 2.75) is 11.2 Å². The van der Waals surface area contributed by atoms with Gasteiger partial charge in [-0.2, -0.15) is 0 Å². The molecule has 2 heterocycles. The third kappa shape index (κ3) is 1.90. The molecule has 1 aliphatic heterocycles. The quantitative estimate of drug-likeness (QED) is 0.898. The van der Waals surface area contributed by atoms with Crippen molar-refractivity contribution in [3.8, 4) is 5.75 Å². The van der Waals surface area contributed by atoms with Crippen LogP contribution in [-0.4, -0.2) is 27.7 Å². The third-order valence-corrected chi connectivity index (χ3v) is 3.81. The van der Waals surface area contributed by atoms with Gasteiger partial charge in [0, 0.05) is 5.75 Å². The Balaban J connectivity index is 1.86. The molecule has 5 nitrogen and oxygen atoms in total. The van der Waals surface area contributed by atoms with E-state index in [2.05, 4.69) is 15.6 Å². The molecule has 1 N–H and O–H groups in total. The van der Waals surface area contributed by atoms with Crippen LogP contribution >= 0.6 is 11.8 Å². The van der Waals surface area contributed by atoms with E-state index in [1.807, 2.05) is 6.07 Å². The first-order valence-corrected chi connectivity index (χ1v) is 6.39. The zero-order chi connectivity index (χ0) is 12.5. The van der Waals surface area contributed by atoms with Gasteiger partial charge in [-0.1, -0.05) is 17.8 Å². The standard InChI is InChI=1S/C11H11FN4OS/c1-17-10-3-2-7(4-8(10)12)9-5-18-11-14-13-6-16(11)15-9/h2-4,6,9,15H,5H2,1H3. The van der Waals surface area contributed by atoms with Crippen molar-refractivity contribution in [3.63, 3.8) is 0 Å². The molecular weight excluding hydrogens is 255 g/mol. The summed E-state index contributed by atoms with van der Waals surface area (Å²) in [6, 6.07) is 5.01. The van der Waals surface area contributed by atoms with Crippen LogP contribution in [0.2, 0.25) is 0 Å². The third-order valence-electron chi connectivity index (χ3n) is 2.77. The number of halogens is 1. The van der Waals surface area contributed by atoms with E-state index in [-0.39, 0.29) is 17.6 Å². The average molecular weight is 266 g/mol. The monoisotopic (exact) mass is 266 g/mol. The van der Waals surface area contributed by atoms with Crippen LogP contribution in [0.5, 0.6) is 5.75 Å². The van der Waals surface area contributed by atoms with Crippen LogP contribution in [0.25, 0.3) is 0 Å². The molecule has 3 rings (SSSR count). The van der Waals surface area contributed by atoms with E-state index in [4.69, 9.17) is 4.74 Å². The number of rotatable bonds is 2. The first kappa shape index (κ1) is 11.3. The molecule has 1 aliphatic rings. The summed E-state index contributed by atoms with van der Waals surface area (Å²) in [4.78, 5) is 0. The Morgan fingerprint density at radius 3 is 3.22 bits per heavy atom. The fourth-order valence-corrected chi connectivity index (χ4v) is 2.77. The number of nitrogens with one attached hydrogen (secondary N) is 1. The molecule has 1 atom stereocenters. The van der Waals surface area contributed by atoms with Crippen molar-refractivity contribution < 1.29 is 9.13 Å². The number of hydrogen-bond donors (Lipinski definition) is 1. The van der Waals surface area contributed by atoms with Gasteiger partial charge in [0.05, 0.1) is 13.2 Å². The molecule has 0 aliphatic carbocycles. The summed E-state index contributed by atoms with van der Waals surface area (Å²) >= 11 is 1.59. The second-order valence-corrected chi connectivity index (χ2v) is 4.86. The minimum atomic E-state index is -0.351. The number of methoxy groups -OCH3 is 1. The summed E-state index contributed by atoms with van der Waals surface area (Å²) < 4.78 is 20.3. The maximum atomic E-state index is 13.7. The highest BCUT2D eigenvalue weighted by Gasteiger charge is 2.21. The average Bonchev–Trinajstić information content (AvgIpc) is 2.85. The maximum Gasteiger partial charge on any atom is 0.209 e. The fraction of sp³-hybridized carbons (Fsp3) is 0.273. The topological polar surface area (TPSA) is 52.0 Å². The molecule has 18 heavy (non-hydrogen) atoms. The van der Waals surface area contributed by atoms with Crippen LogP contribution in [0, 0.1) is 5.82 Å². The first-order chi connectivity index (χ1) is 8.78. The number of benzene rings is 1. The van der Waals surface area contributed by atoms with E-state index in [0.29, 0.717) is 0 Å². The molecular formula is C11H11FN4OS. The minimum absolute atomic E-state index is 0.0268. The summed E-state index contributed by atoms with van der Waals surface area (Å²) in [6.45, 7) is 0. The molecule has 94 valence electrons. The minimum Gasteiger partial charge on any atom is -0.494 e. The van der Waals surface area contributed by atoms with Gasteiger partial charge in [0.15, 0.2) is 11.6 Å². The lowest BCUT2D eigenvalue weighted by Crippen LogP contribution is -2.27. The Morgan fingerprint density at radius 2 is 2.44 bits per heavy atom. The zero-order valence-electron chi connectivity index (χ0n) is 9.63. The van der Waals surface area contributed by atoms with Gasteiger partial charge in [0.2, 0.25) is 5.16 Å². The van der Waals surface area contributed by atoms with E-state index < -0.39 is 0 Å². The molecule has 0 spiro atoms. The summed E-state index contributed by atoms with van der Waals surface area (Å²) in [6.07, 6.45) is 1.61. The highest BCUT2D eigenvalue weighted by Crippen LogP contribution is 2.30. The maximum absolute atomic E-state index is 13.7. The largest absolute Gasteiger partial charge is 0.494 e. The summed E-state index contributed by atoms with van der Waals surface area (Å²) in [5, 5.41) is 8.58. The van der Waals surface area contributed by atoms with Crippen molar-refractivity contribution in [1.29, 1.82) is 0 Å². The lowest BCUT2D eigenvalue weighted by Gasteiger charge is -2.25. The number of hydrogen-bond acceptors (Lipinski definition) is 5. The first-order valence-electron chi connectivity index (χ1n) is 5.41. The predicted molar refractivity (Wildman–Crippen MR) is 65.8 cm³/mol. The molecule has 1 unspecified atom stereocenters. The van der Waals surface area contributed by atoms with Crippen LogP contribution in [0.3, 0.4) is 0 Å². The van der Waals surface area contributed by atoms with Gasteiger partial charge < -0.3 is 10.2 Å². The lowest BCUT2D eigenvalue weighted by molar-refractivity contribution is 0.386. The van der Waals surface area contributed by atoms with Gasteiger partial charge >= 0.3 is 0 Å². The highest BCUT2D eigenvalue weighted by molar-refractivity contribution is 7.99. The molecule has 0 radical (unpaired) electrons. The van der Waals surface area contributed by atoms with Gasteiger partial charge in [0.1, 0.15) is 6.33 Å². The zero-order valence-corrected chi connectivity index (χ0v) is 10.4. The summed E-state index contributed by atoms with van der Waals surface area (Å²) in [5.41, 5.74) is 4.10. The van der Waals surface area contributed by atoms with E-state index in [1.165, 1.54) is 13.2 Å². The molecule has 0 amide bonds. The van der Waals surface area contributed by atoms with Gasteiger partial charge in [-0.15, -0.1) is 10.2 Å². The molecule has 1 aromatic heterocycles. The van der Waals surface area contributed by atoms with Gasteiger partial charge in [0.25, 0.3) is 0 Å². The second kappa shape index (κ2) is 4.49. The van der Waals surface area contributed by atoms with Crippen LogP contribution in [0.4, 0.5) is 4.39 Å². The van der Waals surface area contributed by atoms with Crippen molar-refractivity contribution in [1.82, 2.24) is 14.9 Å². The van der Waals surface area contributed by atoms with Crippen LogP contribution in [0.1, 0.15) is 11.6 Å². The molecule has 7 heteroatoms. The van der Waals surface area contributed by atoms with E-state index in [1.54, 1.807) is 28.8 Å². The van der Waals surface area contributed by atoms with Gasteiger partial charge in [-0.25, -0.2) is 9.07 Å². The number of aromatic nitrogens is 3. The summed E-state index contributed by atoms with van der Waals surface area (Å²) in [5.74, 6) is 0.688. The molecule has 1 aromatic carbocycles. The van der Waals surface area contributed by atoms with Crippen molar-refractivity contribution in [2.75, 3.05) is 18.3 Å². The van der Waals surface area contributed by atoms with Gasteiger partial charge in [-0.05, 0) is 17.7 Å². The van der Waals surface area contributed by atoms with E-state index >= 15 is 0 Å². The number of thioether (sulfide) groups is 1. The van der Waals surface area contributed by atoms with Crippen LogP contribution < -0.4 is 10.2 Å². The smallest absolute Gasteiger partial charge is 0.209 e. The van der Waals surface area contributed by atoms with E-state index in [9.17, 15) is 4.39 Å². The van der Waals surface area contributed by atoms with Crippen molar-refractivity contribution >= 4 is 11.8 Å². The lowest BCUT2D eigenvalue weighted by atomic mass is 10.1. The molecule has 0 saturated carbocycles. The van der Waals surface area contributed by atoms with Crippen molar-refractivity contribution in [2.24, 2.45) is 0 Å². The van der Waals surface area contributed by atoms with E-state index in [0.717, 1.165) is 16.5 Å². The Hall–Kier alpha value is -1.76. The molecule has 0 bridgehead atoms. The normalized spacial score (nSPS) is 18.0. The number of nitrogens with zero attached hydrogens (tertiary/aromatic N) is 3. The summed E-state index contributed by atoms with van der Waals surface area (Å²) in [7, 11) is 1.45. The van der Waals surface area contributed by atoms with Crippen molar-refractivity contribution in [3.05, 3.63) is 35.9 Å². The number of fused-ring (bicyclic) bond motifs is 1. The van der Waals surface area contributed by atoms with Crippen LogP contribution in [-0.2, 0) is 0 Å². The second-order valence-electron chi connectivity index (χ2n) is 3.87. The fourth-order valence-electron chi connectivity index (χ4n) is 1.84. The van der Waals surface area contributed by atoms with Gasteiger partial charge in [-0.3, -0.25) is 0 Å². The van der Waals surface area contributed by atoms with Crippen LogP contribution in [0.15, 0.2) is 29.7 Å². The molecule has 2 aromatic rings.